The molecule has 0 heterocycles. The fourth-order valence-electron chi connectivity index (χ4n) is 2.17. The molecule has 1 aliphatic rings. The van der Waals surface area contributed by atoms with E-state index in [1.807, 2.05) is 0 Å². The second-order valence-electron chi connectivity index (χ2n) is 4.55. The number of unbranched alkanes of at least 4 members (excludes halogenated alkanes) is 2. The maximum Gasteiger partial charge on any atom is 0.0431 e. The summed E-state index contributed by atoms with van der Waals surface area (Å²) < 4.78 is 0. The normalized spacial score (nSPS) is 27.9. The molecule has 0 aromatic rings. The quantitative estimate of drug-likeness (QED) is 0.686. The average molecular weight is 216 g/mol. The second-order valence-corrected chi connectivity index (χ2v) is 5.96. The first-order chi connectivity index (χ1) is 6.83. The Bertz CT molecular complexity index is 138. The van der Waals surface area contributed by atoms with Gasteiger partial charge in [-0.05, 0) is 37.4 Å². The Morgan fingerprint density at radius 2 is 2.07 bits per heavy atom. The fraction of sp³-hybridized carbons (Fsp3) is 1.00. The molecule has 0 radical (unpaired) electrons. The van der Waals surface area contributed by atoms with Crippen molar-refractivity contribution in [2.45, 2.75) is 57.1 Å². The number of hydrogen-bond donors (Lipinski definition) is 1. The zero-order valence-electron chi connectivity index (χ0n) is 9.37. The van der Waals surface area contributed by atoms with Gasteiger partial charge in [-0.1, -0.05) is 26.2 Å². The highest BCUT2D eigenvalue weighted by Gasteiger charge is 2.18. The van der Waals surface area contributed by atoms with Gasteiger partial charge in [-0.3, -0.25) is 0 Å². The molecule has 1 N–H and O–H groups in total. The van der Waals surface area contributed by atoms with Crippen LogP contribution < -0.4 is 0 Å². The molecule has 14 heavy (non-hydrogen) atoms. The lowest BCUT2D eigenvalue weighted by atomic mass is 9.91. The van der Waals surface area contributed by atoms with E-state index in [2.05, 4.69) is 18.7 Å². The van der Waals surface area contributed by atoms with Crippen LogP contribution in [0.1, 0.15) is 51.9 Å². The standard InChI is InChI=1S/C12H24OS/c1-11-6-5-7-12(10-11)14-9-4-2-3-8-13/h11-13H,2-10H2,1H3. The van der Waals surface area contributed by atoms with Crippen LogP contribution in [-0.4, -0.2) is 22.7 Å². The van der Waals surface area contributed by atoms with E-state index >= 15 is 0 Å². The highest BCUT2D eigenvalue weighted by Crippen LogP contribution is 2.32. The van der Waals surface area contributed by atoms with Crippen LogP contribution in [0.4, 0.5) is 0 Å². The van der Waals surface area contributed by atoms with Gasteiger partial charge in [-0.25, -0.2) is 0 Å². The molecular weight excluding hydrogens is 192 g/mol. The first kappa shape index (κ1) is 12.4. The van der Waals surface area contributed by atoms with Crippen molar-refractivity contribution in [3.05, 3.63) is 0 Å². The van der Waals surface area contributed by atoms with Crippen molar-refractivity contribution < 1.29 is 5.11 Å². The molecule has 0 aromatic heterocycles. The van der Waals surface area contributed by atoms with Gasteiger partial charge in [0.25, 0.3) is 0 Å². The molecular formula is C12H24OS. The van der Waals surface area contributed by atoms with Gasteiger partial charge in [-0.2, -0.15) is 11.8 Å². The average Bonchev–Trinajstić information content (AvgIpc) is 2.18. The van der Waals surface area contributed by atoms with Gasteiger partial charge in [0.15, 0.2) is 0 Å². The molecule has 1 aliphatic carbocycles. The summed E-state index contributed by atoms with van der Waals surface area (Å²) in [7, 11) is 0. The molecule has 0 spiro atoms. The molecule has 84 valence electrons. The van der Waals surface area contributed by atoms with Crippen LogP contribution in [0.5, 0.6) is 0 Å². The minimum absolute atomic E-state index is 0.366. The van der Waals surface area contributed by atoms with Gasteiger partial charge in [0.2, 0.25) is 0 Å². The number of aliphatic hydroxyl groups is 1. The highest BCUT2D eigenvalue weighted by molar-refractivity contribution is 7.99. The topological polar surface area (TPSA) is 20.2 Å². The molecule has 0 saturated heterocycles. The molecule has 2 unspecified atom stereocenters. The third-order valence-electron chi connectivity index (χ3n) is 3.04. The van der Waals surface area contributed by atoms with Gasteiger partial charge in [0.1, 0.15) is 0 Å². The summed E-state index contributed by atoms with van der Waals surface area (Å²) in [5, 5.41) is 9.58. The van der Waals surface area contributed by atoms with Gasteiger partial charge < -0.3 is 5.11 Å². The first-order valence-corrected chi connectivity index (χ1v) is 7.10. The Labute approximate surface area is 92.7 Å². The Balaban J connectivity index is 1.95. The predicted molar refractivity (Wildman–Crippen MR) is 64.8 cm³/mol. The SMILES string of the molecule is CC1CCCC(SCCCCCO)C1. The Morgan fingerprint density at radius 1 is 1.21 bits per heavy atom. The van der Waals surface area contributed by atoms with Crippen molar-refractivity contribution in [1.29, 1.82) is 0 Å². The van der Waals surface area contributed by atoms with E-state index in [1.54, 1.807) is 0 Å². The fourth-order valence-corrected chi connectivity index (χ4v) is 3.67. The van der Waals surface area contributed by atoms with Gasteiger partial charge in [-0.15, -0.1) is 0 Å². The molecule has 0 aliphatic heterocycles. The molecule has 1 rings (SSSR count). The van der Waals surface area contributed by atoms with E-state index in [0.717, 1.165) is 17.6 Å². The molecule has 0 amide bonds. The van der Waals surface area contributed by atoms with Crippen LogP contribution in [0.3, 0.4) is 0 Å². The second kappa shape index (κ2) is 7.58. The lowest BCUT2D eigenvalue weighted by molar-refractivity contribution is 0.284. The molecule has 1 saturated carbocycles. The third-order valence-corrected chi connectivity index (χ3v) is 4.47. The van der Waals surface area contributed by atoms with Crippen molar-refractivity contribution in [3.8, 4) is 0 Å². The lowest BCUT2D eigenvalue weighted by Gasteiger charge is -2.26. The van der Waals surface area contributed by atoms with Crippen molar-refractivity contribution in [1.82, 2.24) is 0 Å². The molecule has 1 fully saturated rings. The van der Waals surface area contributed by atoms with Crippen LogP contribution >= 0.6 is 11.8 Å². The van der Waals surface area contributed by atoms with E-state index < -0.39 is 0 Å². The Morgan fingerprint density at radius 3 is 2.79 bits per heavy atom. The monoisotopic (exact) mass is 216 g/mol. The largest absolute Gasteiger partial charge is 0.396 e. The van der Waals surface area contributed by atoms with Gasteiger partial charge in [0, 0.05) is 11.9 Å². The summed E-state index contributed by atoms with van der Waals surface area (Å²) in [5.41, 5.74) is 0. The highest BCUT2D eigenvalue weighted by atomic mass is 32.2. The maximum absolute atomic E-state index is 8.64. The summed E-state index contributed by atoms with van der Waals surface area (Å²) in [5.74, 6) is 2.26. The van der Waals surface area contributed by atoms with Gasteiger partial charge in [0.05, 0.1) is 0 Å². The summed E-state index contributed by atoms with van der Waals surface area (Å²) in [4.78, 5) is 0. The minimum atomic E-state index is 0.366. The van der Waals surface area contributed by atoms with Crippen LogP contribution in [0, 0.1) is 5.92 Å². The summed E-state index contributed by atoms with van der Waals surface area (Å²) >= 11 is 2.17. The summed E-state index contributed by atoms with van der Waals surface area (Å²) in [6.45, 7) is 2.75. The lowest BCUT2D eigenvalue weighted by Crippen LogP contribution is -2.15. The number of hydrogen-bond acceptors (Lipinski definition) is 2. The first-order valence-electron chi connectivity index (χ1n) is 6.05. The van der Waals surface area contributed by atoms with E-state index in [4.69, 9.17) is 5.11 Å². The molecule has 1 nitrogen and oxygen atoms in total. The zero-order chi connectivity index (χ0) is 10.2. The van der Waals surface area contributed by atoms with Crippen LogP contribution in [-0.2, 0) is 0 Å². The Kier molecular flexibility index (Phi) is 6.70. The number of aliphatic hydroxyl groups excluding tert-OH is 1. The summed E-state index contributed by atoms with van der Waals surface area (Å²) in [6.07, 6.45) is 9.24. The molecule has 0 aromatic carbocycles. The number of rotatable bonds is 6. The minimum Gasteiger partial charge on any atom is -0.396 e. The van der Waals surface area contributed by atoms with Crippen LogP contribution in [0.25, 0.3) is 0 Å². The van der Waals surface area contributed by atoms with E-state index in [-0.39, 0.29) is 0 Å². The molecule has 0 bridgehead atoms. The summed E-state index contributed by atoms with van der Waals surface area (Å²) in [6, 6.07) is 0. The van der Waals surface area contributed by atoms with E-state index in [9.17, 15) is 0 Å². The number of thioether (sulfide) groups is 1. The Hall–Kier alpha value is 0.310. The third kappa shape index (κ3) is 5.26. The maximum atomic E-state index is 8.64. The van der Waals surface area contributed by atoms with Crippen molar-refractivity contribution in [2.75, 3.05) is 12.4 Å². The van der Waals surface area contributed by atoms with Crippen molar-refractivity contribution in [2.24, 2.45) is 5.92 Å². The van der Waals surface area contributed by atoms with Gasteiger partial charge >= 0.3 is 0 Å². The van der Waals surface area contributed by atoms with Crippen molar-refractivity contribution in [3.63, 3.8) is 0 Å². The predicted octanol–water partition coefficient (Wildman–Crippen LogP) is 3.46. The zero-order valence-corrected chi connectivity index (χ0v) is 10.2. The van der Waals surface area contributed by atoms with E-state index in [0.29, 0.717) is 6.61 Å². The van der Waals surface area contributed by atoms with Crippen LogP contribution in [0.2, 0.25) is 0 Å². The molecule has 2 heteroatoms. The van der Waals surface area contributed by atoms with E-state index in [1.165, 1.54) is 44.3 Å². The smallest absolute Gasteiger partial charge is 0.0431 e. The molecule has 2 atom stereocenters. The van der Waals surface area contributed by atoms with Crippen LogP contribution in [0.15, 0.2) is 0 Å². The van der Waals surface area contributed by atoms with Crippen molar-refractivity contribution >= 4 is 11.8 Å².